The van der Waals surface area contributed by atoms with Gasteiger partial charge in [0, 0.05) is 36.0 Å². The van der Waals surface area contributed by atoms with Crippen molar-refractivity contribution in [3.8, 4) is 0 Å². The van der Waals surface area contributed by atoms with Crippen LogP contribution in [0.1, 0.15) is 41.5 Å². The Morgan fingerprint density at radius 3 is 2.50 bits per heavy atom. The molecule has 1 atom stereocenters. The summed E-state index contributed by atoms with van der Waals surface area (Å²) in [6.07, 6.45) is 3.00. The topological polar surface area (TPSA) is 44.9 Å². The smallest absolute Gasteiger partial charge is 0.221 e. The zero-order valence-electron chi connectivity index (χ0n) is 17.0. The Balaban J connectivity index is 1.66. The van der Waals surface area contributed by atoms with Gasteiger partial charge < -0.3 is 10.3 Å². The maximum atomic E-state index is 14.7. The molecule has 4 aromatic rings. The van der Waals surface area contributed by atoms with Gasteiger partial charge in [0.1, 0.15) is 5.82 Å². The van der Waals surface area contributed by atoms with Crippen LogP contribution in [0.5, 0.6) is 0 Å². The highest BCUT2D eigenvalue weighted by molar-refractivity contribution is 5.88. The van der Waals surface area contributed by atoms with E-state index in [0.717, 1.165) is 28.5 Å². The third-order valence-corrected chi connectivity index (χ3v) is 5.59. The highest BCUT2D eigenvalue weighted by atomic mass is 19.1. The van der Waals surface area contributed by atoms with Crippen LogP contribution in [0, 0.1) is 5.82 Å². The van der Waals surface area contributed by atoms with Gasteiger partial charge in [-0.3, -0.25) is 4.79 Å². The lowest BCUT2D eigenvalue weighted by Gasteiger charge is -2.18. The summed E-state index contributed by atoms with van der Waals surface area (Å²) in [7, 11) is 0. The summed E-state index contributed by atoms with van der Waals surface area (Å²) < 4.78 is 14.7. The lowest BCUT2D eigenvalue weighted by Crippen LogP contribution is -2.25. The number of carbonyl (C=O) groups excluding carboxylic acids is 1. The van der Waals surface area contributed by atoms with Crippen molar-refractivity contribution < 1.29 is 9.18 Å². The van der Waals surface area contributed by atoms with Crippen molar-refractivity contribution in [2.24, 2.45) is 0 Å². The number of amides is 1. The average Bonchev–Trinajstić information content (AvgIpc) is 3.21. The van der Waals surface area contributed by atoms with E-state index in [9.17, 15) is 9.18 Å². The number of hydrogen-bond donors (Lipinski definition) is 2. The van der Waals surface area contributed by atoms with E-state index in [1.807, 2.05) is 54.7 Å². The molecular weight excluding hydrogens is 375 g/mol. The van der Waals surface area contributed by atoms with Crippen LogP contribution in [0.4, 0.5) is 4.39 Å². The number of nitrogens with one attached hydrogen (secondary N) is 2. The summed E-state index contributed by atoms with van der Waals surface area (Å²) >= 11 is 0. The maximum absolute atomic E-state index is 14.7. The fraction of sp³-hybridized carbons (Fsp3) is 0.192. The normalized spacial score (nSPS) is 12.1. The first-order chi connectivity index (χ1) is 14.7. The van der Waals surface area contributed by atoms with Gasteiger partial charge in [0.2, 0.25) is 5.91 Å². The number of aryl methyl sites for hydroxylation is 1. The molecule has 3 aromatic carbocycles. The van der Waals surface area contributed by atoms with E-state index in [4.69, 9.17) is 0 Å². The summed E-state index contributed by atoms with van der Waals surface area (Å²) in [5.74, 6) is -0.768. The molecule has 0 saturated heterocycles. The van der Waals surface area contributed by atoms with Gasteiger partial charge in [-0.15, -0.1) is 0 Å². The average molecular weight is 400 g/mol. The molecule has 4 rings (SSSR count). The Morgan fingerprint density at radius 1 is 0.967 bits per heavy atom. The molecule has 0 bridgehead atoms. The predicted octanol–water partition coefficient (Wildman–Crippen LogP) is 5.71. The summed E-state index contributed by atoms with van der Waals surface area (Å²) in [6, 6.07) is 22.7. The van der Waals surface area contributed by atoms with Crippen molar-refractivity contribution in [1.82, 2.24) is 10.3 Å². The van der Waals surface area contributed by atoms with Crippen molar-refractivity contribution in [2.45, 2.75) is 32.2 Å². The standard InChI is InChI=1S/C26H25FN2O/c1-2-19-11-8-13-21-23(17-29-26(19)21)22(20-12-6-7-14-24(20)27)15-25(30)28-16-18-9-4-3-5-10-18/h3-14,17,22,29H,2,15-16H2,1H3,(H,28,30). The number of aromatic amines is 1. The van der Waals surface area contributed by atoms with E-state index >= 15 is 0 Å². The molecule has 1 aromatic heterocycles. The van der Waals surface area contributed by atoms with E-state index < -0.39 is 0 Å². The molecule has 0 fully saturated rings. The molecule has 30 heavy (non-hydrogen) atoms. The van der Waals surface area contributed by atoms with Crippen molar-refractivity contribution in [3.05, 3.63) is 107 Å². The van der Waals surface area contributed by atoms with Crippen LogP contribution >= 0.6 is 0 Å². The molecule has 0 spiro atoms. The number of rotatable bonds is 7. The number of para-hydroxylation sites is 1. The zero-order valence-corrected chi connectivity index (χ0v) is 17.0. The Labute approximate surface area is 176 Å². The molecule has 4 heteroatoms. The Kier molecular flexibility index (Phi) is 5.94. The van der Waals surface area contributed by atoms with Crippen molar-refractivity contribution in [1.29, 1.82) is 0 Å². The number of halogens is 1. The molecule has 3 nitrogen and oxygen atoms in total. The van der Waals surface area contributed by atoms with Gasteiger partial charge in [-0.25, -0.2) is 4.39 Å². The monoisotopic (exact) mass is 400 g/mol. The second kappa shape index (κ2) is 8.95. The minimum absolute atomic E-state index is 0.104. The molecule has 1 unspecified atom stereocenters. The molecule has 0 radical (unpaired) electrons. The van der Waals surface area contributed by atoms with Gasteiger partial charge in [0.25, 0.3) is 0 Å². The fourth-order valence-corrected chi connectivity index (χ4v) is 4.02. The molecular formula is C26H25FN2O. The molecule has 0 aliphatic heterocycles. The van der Waals surface area contributed by atoms with Gasteiger partial charge >= 0.3 is 0 Å². The molecule has 1 amide bonds. The SMILES string of the molecule is CCc1cccc2c(C(CC(=O)NCc3ccccc3)c3ccccc3F)c[nH]c12. The van der Waals surface area contributed by atoms with E-state index in [1.54, 1.807) is 12.1 Å². The second-order valence-electron chi connectivity index (χ2n) is 7.48. The first-order valence-corrected chi connectivity index (χ1v) is 10.3. The highest BCUT2D eigenvalue weighted by Gasteiger charge is 2.24. The maximum Gasteiger partial charge on any atom is 0.221 e. The molecule has 0 aliphatic carbocycles. The number of aromatic nitrogens is 1. The van der Waals surface area contributed by atoms with Crippen LogP contribution in [0.2, 0.25) is 0 Å². The largest absolute Gasteiger partial charge is 0.361 e. The molecule has 0 aliphatic rings. The third kappa shape index (κ3) is 4.13. The van der Waals surface area contributed by atoms with Crippen LogP contribution in [-0.4, -0.2) is 10.9 Å². The lowest BCUT2D eigenvalue weighted by atomic mass is 9.87. The van der Waals surface area contributed by atoms with Crippen LogP contribution < -0.4 is 5.32 Å². The van der Waals surface area contributed by atoms with Gasteiger partial charge in [0.05, 0.1) is 0 Å². The number of carbonyl (C=O) groups is 1. The van der Waals surface area contributed by atoms with Crippen molar-refractivity contribution >= 4 is 16.8 Å². The summed E-state index contributed by atoms with van der Waals surface area (Å²) in [5.41, 5.74) is 4.78. The Hall–Kier alpha value is -3.40. The number of fused-ring (bicyclic) bond motifs is 1. The summed E-state index contributed by atoms with van der Waals surface area (Å²) in [5, 5.41) is 4.02. The summed E-state index contributed by atoms with van der Waals surface area (Å²) in [4.78, 5) is 16.2. The zero-order chi connectivity index (χ0) is 20.9. The second-order valence-corrected chi connectivity index (χ2v) is 7.48. The third-order valence-electron chi connectivity index (χ3n) is 5.59. The van der Waals surface area contributed by atoms with Gasteiger partial charge in [0.15, 0.2) is 0 Å². The minimum atomic E-state index is -0.372. The Morgan fingerprint density at radius 2 is 1.73 bits per heavy atom. The van der Waals surface area contributed by atoms with E-state index in [1.165, 1.54) is 11.6 Å². The van der Waals surface area contributed by atoms with Gasteiger partial charge in [-0.1, -0.05) is 73.7 Å². The molecule has 152 valence electrons. The highest BCUT2D eigenvalue weighted by Crippen LogP contribution is 2.35. The van der Waals surface area contributed by atoms with E-state index in [-0.39, 0.29) is 24.1 Å². The van der Waals surface area contributed by atoms with E-state index in [2.05, 4.69) is 23.3 Å². The van der Waals surface area contributed by atoms with Crippen molar-refractivity contribution in [2.75, 3.05) is 0 Å². The number of hydrogen-bond acceptors (Lipinski definition) is 1. The number of benzene rings is 3. The van der Waals surface area contributed by atoms with E-state index in [0.29, 0.717) is 12.1 Å². The molecule has 0 saturated carbocycles. The lowest BCUT2D eigenvalue weighted by molar-refractivity contribution is -0.121. The van der Waals surface area contributed by atoms with Crippen LogP contribution in [0.15, 0.2) is 79.0 Å². The minimum Gasteiger partial charge on any atom is -0.361 e. The fourth-order valence-electron chi connectivity index (χ4n) is 4.02. The van der Waals surface area contributed by atoms with Crippen LogP contribution in [0.25, 0.3) is 10.9 Å². The van der Waals surface area contributed by atoms with Crippen molar-refractivity contribution in [3.63, 3.8) is 0 Å². The molecule has 1 heterocycles. The molecule has 2 N–H and O–H groups in total. The first kappa shape index (κ1) is 19.9. The quantitative estimate of drug-likeness (QED) is 0.410. The summed E-state index contributed by atoms with van der Waals surface area (Å²) in [6.45, 7) is 2.57. The van der Waals surface area contributed by atoms with Crippen LogP contribution in [0.3, 0.4) is 0 Å². The van der Waals surface area contributed by atoms with Gasteiger partial charge in [-0.05, 0) is 34.7 Å². The predicted molar refractivity (Wildman–Crippen MR) is 119 cm³/mol. The Bertz CT molecular complexity index is 1150. The first-order valence-electron chi connectivity index (χ1n) is 10.3. The number of H-pyrrole nitrogens is 1. The van der Waals surface area contributed by atoms with Crippen LogP contribution in [-0.2, 0) is 17.8 Å². The van der Waals surface area contributed by atoms with Gasteiger partial charge in [-0.2, -0.15) is 0 Å².